The smallest absolute Gasteiger partial charge is 0.203 e. The predicted molar refractivity (Wildman–Crippen MR) is 113 cm³/mol. The second-order valence-corrected chi connectivity index (χ2v) is 6.85. The Kier molecular flexibility index (Phi) is 5.16. The van der Waals surface area contributed by atoms with E-state index in [9.17, 15) is 13.6 Å². The van der Waals surface area contributed by atoms with Crippen molar-refractivity contribution in [3.8, 4) is 11.1 Å². The second-order valence-electron chi connectivity index (χ2n) is 6.85. The first-order valence-electron chi connectivity index (χ1n) is 9.33. The first kappa shape index (κ1) is 20.1. The van der Waals surface area contributed by atoms with Crippen LogP contribution >= 0.6 is 0 Å². The molecule has 0 spiro atoms. The summed E-state index contributed by atoms with van der Waals surface area (Å²) in [5.74, 6) is -0.608. The number of nitrogens with zero attached hydrogens (tertiary/aromatic N) is 2. The Morgan fingerprint density at radius 2 is 1.97 bits per heavy atom. The van der Waals surface area contributed by atoms with Gasteiger partial charge in [0.05, 0.1) is 11.6 Å². The van der Waals surface area contributed by atoms with E-state index >= 15 is 0 Å². The highest BCUT2D eigenvalue weighted by Gasteiger charge is 2.24. The summed E-state index contributed by atoms with van der Waals surface area (Å²) in [6.07, 6.45) is 2.51. The number of hydrogen-bond acceptors (Lipinski definition) is 6. The fourth-order valence-electron chi connectivity index (χ4n) is 3.40. The van der Waals surface area contributed by atoms with Crippen molar-refractivity contribution in [2.45, 2.75) is 13.0 Å². The van der Waals surface area contributed by atoms with Crippen LogP contribution in [0.1, 0.15) is 24.3 Å². The van der Waals surface area contributed by atoms with E-state index in [0.29, 0.717) is 11.4 Å². The highest BCUT2D eigenvalue weighted by atomic mass is 19.1. The minimum atomic E-state index is -0.723. The molecule has 0 aliphatic heterocycles. The molecule has 0 unspecified atom stereocenters. The fourth-order valence-corrected chi connectivity index (χ4v) is 3.40. The molecular formula is C22H18F2N5O2+. The van der Waals surface area contributed by atoms with Crippen LogP contribution in [0, 0.1) is 11.6 Å². The number of nitrogens with one attached hydrogen (secondary N) is 1. The Morgan fingerprint density at radius 1 is 1.19 bits per heavy atom. The Balaban J connectivity index is 1.95. The van der Waals surface area contributed by atoms with Crippen LogP contribution in [0.2, 0.25) is 0 Å². The lowest BCUT2D eigenvalue weighted by Gasteiger charge is -2.19. The molecule has 2 heterocycles. The molecule has 7 nitrogen and oxygen atoms in total. The molecule has 2 aromatic carbocycles. The van der Waals surface area contributed by atoms with Gasteiger partial charge in [0.15, 0.2) is 6.21 Å². The van der Waals surface area contributed by atoms with Gasteiger partial charge >= 0.3 is 0 Å². The van der Waals surface area contributed by atoms with Crippen LogP contribution in [0.5, 0.6) is 0 Å². The Hall–Kier alpha value is -4.14. The van der Waals surface area contributed by atoms with Gasteiger partial charge in [0.1, 0.15) is 51.9 Å². The summed E-state index contributed by atoms with van der Waals surface area (Å²) in [5, 5.41) is 8.52. The summed E-state index contributed by atoms with van der Waals surface area (Å²) in [4.78, 5) is 21.3. The van der Waals surface area contributed by atoms with Crippen molar-refractivity contribution in [1.82, 2.24) is 9.97 Å². The van der Waals surface area contributed by atoms with Crippen LogP contribution < -0.4 is 21.9 Å². The lowest BCUT2D eigenvalue weighted by molar-refractivity contribution is -0.104. The largest absolute Gasteiger partial charge is 0.458 e. The van der Waals surface area contributed by atoms with Crippen molar-refractivity contribution in [3.63, 3.8) is 0 Å². The normalized spacial score (nSPS) is 12.0. The minimum Gasteiger partial charge on any atom is -0.458 e. The monoisotopic (exact) mass is 422 g/mol. The summed E-state index contributed by atoms with van der Waals surface area (Å²) in [5.41, 5.74) is 5.97. The molecule has 156 valence electrons. The van der Waals surface area contributed by atoms with Gasteiger partial charge in [0, 0.05) is 0 Å². The number of anilines is 2. The molecule has 0 amide bonds. The molecule has 0 saturated carbocycles. The number of nitrogens with two attached hydrogens (primary N) is 2. The van der Waals surface area contributed by atoms with E-state index in [2.05, 4.69) is 15.3 Å². The van der Waals surface area contributed by atoms with Gasteiger partial charge in [0.25, 0.3) is 0 Å². The maximum Gasteiger partial charge on any atom is 0.203 e. The summed E-state index contributed by atoms with van der Waals surface area (Å²) in [7, 11) is 0. The average Bonchev–Trinajstić information content (AvgIpc) is 2.73. The summed E-state index contributed by atoms with van der Waals surface area (Å²) in [6.45, 7) is 1.71. The molecule has 1 atom stereocenters. The molecule has 5 N–H and O–H groups in total. The van der Waals surface area contributed by atoms with Crippen LogP contribution in [0.25, 0.3) is 22.1 Å². The van der Waals surface area contributed by atoms with E-state index in [1.54, 1.807) is 13.0 Å². The molecule has 0 radical (unpaired) electrons. The molecule has 0 saturated heterocycles. The highest BCUT2D eigenvalue weighted by molar-refractivity contribution is 5.88. The number of halogens is 2. The summed E-state index contributed by atoms with van der Waals surface area (Å²) in [6, 6.07) is 8.92. The molecule has 31 heavy (non-hydrogen) atoms. The molecule has 2 aromatic heterocycles. The Morgan fingerprint density at radius 3 is 2.71 bits per heavy atom. The van der Waals surface area contributed by atoms with Gasteiger partial charge in [-0.15, -0.1) is 0 Å². The van der Waals surface area contributed by atoms with Gasteiger partial charge in [-0.2, -0.15) is 0 Å². The standard InChI is InChI=1S/C22H17F2N5O2/c1-11(29-22-14(9-25)21(26)27-10-28-22)20-17(12-4-2-5-13(23)8-12)19(30)18-15(24)6-3-7-16(18)31-20/h2-11,25H,1H3,(H3,26,27,28,29)/p+1/t11-/m0/s1. The number of hydrogen-bond donors (Lipinski definition) is 3. The van der Waals surface area contributed by atoms with Crippen LogP contribution in [0.15, 0.2) is 58.0 Å². The van der Waals surface area contributed by atoms with E-state index in [4.69, 9.17) is 15.6 Å². The molecule has 4 aromatic rings. The molecule has 0 fully saturated rings. The maximum absolute atomic E-state index is 14.4. The number of aromatic nitrogens is 2. The van der Waals surface area contributed by atoms with Crippen LogP contribution in [-0.2, 0) is 0 Å². The van der Waals surface area contributed by atoms with Crippen LogP contribution in [0.4, 0.5) is 20.4 Å². The van der Waals surface area contributed by atoms with Gasteiger partial charge in [-0.1, -0.05) is 18.2 Å². The van der Waals surface area contributed by atoms with E-state index in [-0.39, 0.29) is 33.7 Å². The number of rotatable bonds is 5. The fraction of sp³-hybridized carbons (Fsp3) is 0.0909. The zero-order valence-electron chi connectivity index (χ0n) is 16.4. The van der Waals surface area contributed by atoms with Gasteiger partial charge in [0.2, 0.25) is 5.43 Å². The maximum atomic E-state index is 14.4. The van der Waals surface area contributed by atoms with E-state index < -0.39 is 23.1 Å². The molecule has 4 rings (SSSR count). The van der Waals surface area contributed by atoms with Crippen molar-refractivity contribution < 1.29 is 18.6 Å². The first-order valence-corrected chi connectivity index (χ1v) is 9.33. The molecule has 0 aliphatic rings. The predicted octanol–water partition coefficient (Wildman–Crippen LogP) is 2.46. The van der Waals surface area contributed by atoms with E-state index in [1.165, 1.54) is 48.9 Å². The van der Waals surface area contributed by atoms with Crippen molar-refractivity contribution in [2.24, 2.45) is 0 Å². The SMILES string of the molecule is C[C@H](Nc1ncnc(N)c1C=[NH2+])c1oc2cccc(F)c2c(=O)c1-c1cccc(F)c1. The van der Waals surface area contributed by atoms with E-state index in [0.717, 1.165) is 0 Å². The Bertz CT molecular complexity index is 1370. The molecule has 0 aliphatic carbocycles. The summed E-state index contributed by atoms with van der Waals surface area (Å²) < 4.78 is 34.3. The topological polar surface area (TPSA) is 120 Å². The van der Waals surface area contributed by atoms with Crippen molar-refractivity contribution in [1.29, 1.82) is 0 Å². The zero-order chi connectivity index (χ0) is 22.1. The quantitative estimate of drug-likeness (QED) is 0.425. The molecular weight excluding hydrogens is 404 g/mol. The van der Waals surface area contributed by atoms with Crippen LogP contribution in [-0.4, -0.2) is 16.2 Å². The lowest BCUT2D eigenvalue weighted by Crippen LogP contribution is -2.31. The Labute approximate surface area is 175 Å². The second kappa shape index (κ2) is 7.94. The van der Waals surface area contributed by atoms with Gasteiger partial charge in [-0.05, 0) is 36.8 Å². The average molecular weight is 422 g/mol. The number of benzene rings is 2. The third-order valence-corrected chi connectivity index (χ3v) is 4.84. The minimum absolute atomic E-state index is 0.0393. The summed E-state index contributed by atoms with van der Waals surface area (Å²) >= 11 is 0. The third-order valence-electron chi connectivity index (χ3n) is 4.84. The number of nitrogen functional groups attached to an aromatic ring is 1. The zero-order valence-corrected chi connectivity index (χ0v) is 16.4. The number of fused-ring (bicyclic) bond motifs is 1. The van der Waals surface area contributed by atoms with Gasteiger partial charge < -0.3 is 15.5 Å². The van der Waals surface area contributed by atoms with Gasteiger partial charge in [-0.3, -0.25) is 10.2 Å². The molecule has 9 heteroatoms. The van der Waals surface area contributed by atoms with Crippen molar-refractivity contribution in [3.05, 3.63) is 82.0 Å². The van der Waals surface area contributed by atoms with Crippen LogP contribution in [0.3, 0.4) is 0 Å². The third kappa shape index (κ3) is 3.61. The highest BCUT2D eigenvalue weighted by Crippen LogP contribution is 2.32. The van der Waals surface area contributed by atoms with E-state index in [1.807, 2.05) is 0 Å². The lowest BCUT2D eigenvalue weighted by atomic mass is 9.98. The van der Waals surface area contributed by atoms with Gasteiger partial charge in [-0.25, -0.2) is 18.7 Å². The molecule has 0 bridgehead atoms. The van der Waals surface area contributed by atoms with Crippen molar-refractivity contribution >= 4 is 28.8 Å². The first-order chi connectivity index (χ1) is 14.9. The van der Waals surface area contributed by atoms with Crippen molar-refractivity contribution in [2.75, 3.05) is 11.1 Å².